The Labute approximate surface area is 113 Å². The van der Waals surface area contributed by atoms with Crippen molar-refractivity contribution < 1.29 is 5.11 Å². The van der Waals surface area contributed by atoms with Gasteiger partial charge in [-0.2, -0.15) is 0 Å². The van der Waals surface area contributed by atoms with Gasteiger partial charge in [0.1, 0.15) is 16.6 Å². The van der Waals surface area contributed by atoms with Gasteiger partial charge in [-0.3, -0.25) is 4.68 Å². The van der Waals surface area contributed by atoms with Crippen LogP contribution in [0, 0.1) is 0 Å². The summed E-state index contributed by atoms with van der Waals surface area (Å²) in [5, 5.41) is 12.4. The lowest BCUT2D eigenvalue weighted by atomic mass is 10.2. The number of aromatic hydroxyl groups is 1. The van der Waals surface area contributed by atoms with Crippen LogP contribution in [0.2, 0.25) is 0 Å². The summed E-state index contributed by atoms with van der Waals surface area (Å²) in [5.74, 6) is 5.94. The standard InChI is InChI=1S/C13H12N4OS/c14-12-11(10(18)6-17(12)15)13-16-9(7-19-13)8-4-2-1-3-5-8/h1-7,18H,14-15H2. The fraction of sp³-hybridized carbons (Fsp3) is 0. The number of anilines is 1. The minimum atomic E-state index is 0.0361. The number of hydrogen-bond donors (Lipinski definition) is 3. The van der Waals surface area contributed by atoms with Crippen molar-refractivity contribution in [2.45, 2.75) is 0 Å². The van der Waals surface area contributed by atoms with Crippen LogP contribution in [0.5, 0.6) is 5.75 Å². The summed E-state index contributed by atoms with van der Waals surface area (Å²) in [5.41, 5.74) is 8.18. The predicted octanol–water partition coefficient (Wildman–Crippen LogP) is 2.28. The number of thiazole rings is 1. The second-order valence-electron chi connectivity index (χ2n) is 4.09. The Morgan fingerprint density at radius 2 is 1.95 bits per heavy atom. The molecule has 2 heterocycles. The number of hydrogen-bond acceptors (Lipinski definition) is 5. The molecule has 0 amide bonds. The molecule has 5 N–H and O–H groups in total. The highest BCUT2D eigenvalue weighted by Crippen LogP contribution is 2.38. The SMILES string of the molecule is Nc1c(-c2nc(-c3ccccc3)cs2)c(O)cn1N. The van der Waals surface area contributed by atoms with Crippen molar-refractivity contribution in [3.63, 3.8) is 0 Å². The molecular weight excluding hydrogens is 260 g/mol. The summed E-state index contributed by atoms with van der Waals surface area (Å²) in [4.78, 5) is 4.50. The van der Waals surface area contributed by atoms with Gasteiger partial charge in [-0.05, 0) is 0 Å². The van der Waals surface area contributed by atoms with E-state index in [0.29, 0.717) is 16.4 Å². The van der Waals surface area contributed by atoms with Gasteiger partial charge in [0.2, 0.25) is 0 Å². The molecule has 0 bridgehead atoms. The maximum absolute atomic E-state index is 9.83. The number of nitrogens with zero attached hydrogens (tertiary/aromatic N) is 2. The molecule has 2 aromatic heterocycles. The second-order valence-corrected chi connectivity index (χ2v) is 4.94. The summed E-state index contributed by atoms with van der Waals surface area (Å²) in [6, 6.07) is 9.83. The molecule has 0 fully saturated rings. The third-order valence-electron chi connectivity index (χ3n) is 2.84. The van der Waals surface area contributed by atoms with Crippen molar-refractivity contribution in [3.05, 3.63) is 41.9 Å². The van der Waals surface area contributed by atoms with E-state index in [2.05, 4.69) is 4.98 Å². The average Bonchev–Trinajstić information content (AvgIpc) is 2.97. The quantitative estimate of drug-likeness (QED) is 0.624. The van der Waals surface area contributed by atoms with Crippen LogP contribution in [0.4, 0.5) is 5.82 Å². The van der Waals surface area contributed by atoms with Crippen LogP contribution in [-0.4, -0.2) is 14.8 Å². The minimum Gasteiger partial charge on any atom is -0.505 e. The molecule has 0 aliphatic carbocycles. The molecule has 6 heteroatoms. The molecule has 5 nitrogen and oxygen atoms in total. The third-order valence-corrected chi connectivity index (χ3v) is 3.70. The fourth-order valence-corrected chi connectivity index (χ4v) is 2.77. The van der Waals surface area contributed by atoms with Crippen LogP contribution in [0.15, 0.2) is 41.9 Å². The maximum atomic E-state index is 9.83. The first kappa shape index (κ1) is 11.6. The van der Waals surface area contributed by atoms with Crippen LogP contribution < -0.4 is 11.6 Å². The lowest BCUT2D eigenvalue weighted by molar-refractivity contribution is 0.477. The van der Waals surface area contributed by atoms with Crippen LogP contribution in [0.1, 0.15) is 0 Å². The van der Waals surface area contributed by atoms with E-state index in [1.807, 2.05) is 35.7 Å². The van der Waals surface area contributed by atoms with Gasteiger partial charge in [0.25, 0.3) is 0 Å². The molecule has 0 saturated heterocycles. The number of nitrogens with two attached hydrogens (primary N) is 2. The summed E-state index contributed by atoms with van der Waals surface area (Å²) in [6.07, 6.45) is 1.37. The van der Waals surface area contributed by atoms with E-state index < -0.39 is 0 Å². The van der Waals surface area contributed by atoms with E-state index in [9.17, 15) is 5.11 Å². The van der Waals surface area contributed by atoms with Crippen LogP contribution >= 0.6 is 11.3 Å². The molecule has 0 aliphatic rings. The Hall–Kier alpha value is -2.47. The zero-order valence-corrected chi connectivity index (χ0v) is 10.8. The molecule has 96 valence electrons. The van der Waals surface area contributed by atoms with E-state index in [0.717, 1.165) is 11.3 Å². The van der Waals surface area contributed by atoms with E-state index in [1.165, 1.54) is 22.2 Å². The Morgan fingerprint density at radius 3 is 2.58 bits per heavy atom. The van der Waals surface area contributed by atoms with Crippen molar-refractivity contribution >= 4 is 17.2 Å². The molecule has 0 unspecified atom stereocenters. The Morgan fingerprint density at radius 1 is 1.21 bits per heavy atom. The highest BCUT2D eigenvalue weighted by atomic mass is 32.1. The molecule has 0 saturated carbocycles. The van der Waals surface area contributed by atoms with Gasteiger partial charge in [-0.1, -0.05) is 30.3 Å². The maximum Gasteiger partial charge on any atom is 0.147 e. The normalized spacial score (nSPS) is 10.7. The zero-order valence-electron chi connectivity index (χ0n) is 9.95. The smallest absolute Gasteiger partial charge is 0.147 e. The number of rotatable bonds is 2. The first-order valence-electron chi connectivity index (χ1n) is 5.63. The summed E-state index contributed by atoms with van der Waals surface area (Å²) < 4.78 is 1.19. The minimum absolute atomic E-state index is 0.0361. The van der Waals surface area contributed by atoms with Crippen molar-refractivity contribution in [2.24, 2.45) is 0 Å². The molecule has 3 aromatic rings. The number of nitrogen functional groups attached to an aromatic ring is 2. The van der Waals surface area contributed by atoms with Crippen molar-refractivity contribution in [1.29, 1.82) is 0 Å². The average molecular weight is 272 g/mol. The molecule has 3 rings (SSSR count). The predicted molar refractivity (Wildman–Crippen MR) is 77.2 cm³/mol. The Bertz CT molecular complexity index is 718. The third kappa shape index (κ3) is 1.92. The highest BCUT2D eigenvalue weighted by Gasteiger charge is 2.17. The Balaban J connectivity index is 2.07. The summed E-state index contributed by atoms with van der Waals surface area (Å²) in [7, 11) is 0. The topological polar surface area (TPSA) is 90.1 Å². The van der Waals surface area contributed by atoms with Crippen molar-refractivity contribution in [2.75, 3.05) is 11.6 Å². The monoisotopic (exact) mass is 272 g/mol. The Kier molecular flexibility index (Phi) is 2.64. The van der Waals surface area contributed by atoms with Gasteiger partial charge >= 0.3 is 0 Å². The molecule has 1 aromatic carbocycles. The van der Waals surface area contributed by atoms with E-state index in [-0.39, 0.29) is 5.75 Å². The van der Waals surface area contributed by atoms with Crippen molar-refractivity contribution in [1.82, 2.24) is 9.66 Å². The van der Waals surface area contributed by atoms with Crippen LogP contribution in [0.3, 0.4) is 0 Å². The molecule has 19 heavy (non-hydrogen) atoms. The largest absolute Gasteiger partial charge is 0.505 e. The molecule has 0 atom stereocenters. The first-order chi connectivity index (χ1) is 9.16. The van der Waals surface area contributed by atoms with Crippen LogP contribution in [-0.2, 0) is 0 Å². The second kappa shape index (κ2) is 4.33. The highest BCUT2D eigenvalue weighted by molar-refractivity contribution is 7.13. The van der Waals surface area contributed by atoms with Gasteiger partial charge in [0, 0.05) is 10.9 Å². The number of benzene rings is 1. The zero-order chi connectivity index (χ0) is 13.4. The van der Waals surface area contributed by atoms with Gasteiger partial charge in [0.15, 0.2) is 0 Å². The molecular formula is C13H12N4OS. The summed E-state index contributed by atoms with van der Waals surface area (Å²) >= 11 is 1.42. The van der Waals surface area contributed by atoms with Crippen molar-refractivity contribution in [3.8, 4) is 27.6 Å². The lowest BCUT2D eigenvalue weighted by Gasteiger charge is -1.98. The molecule has 0 radical (unpaired) electrons. The van der Waals surface area contributed by atoms with Gasteiger partial charge in [-0.15, -0.1) is 11.3 Å². The lowest BCUT2D eigenvalue weighted by Crippen LogP contribution is -2.09. The van der Waals surface area contributed by atoms with Gasteiger partial charge in [0.05, 0.1) is 17.5 Å². The van der Waals surface area contributed by atoms with Gasteiger partial charge < -0.3 is 16.7 Å². The number of aromatic nitrogens is 2. The van der Waals surface area contributed by atoms with E-state index in [1.54, 1.807) is 0 Å². The van der Waals surface area contributed by atoms with Gasteiger partial charge in [-0.25, -0.2) is 4.98 Å². The first-order valence-corrected chi connectivity index (χ1v) is 6.51. The fourth-order valence-electron chi connectivity index (χ4n) is 1.88. The van der Waals surface area contributed by atoms with E-state index >= 15 is 0 Å². The van der Waals surface area contributed by atoms with E-state index in [4.69, 9.17) is 11.6 Å². The molecule has 0 aliphatic heterocycles. The summed E-state index contributed by atoms with van der Waals surface area (Å²) in [6.45, 7) is 0. The molecule has 0 spiro atoms. The van der Waals surface area contributed by atoms with Crippen LogP contribution in [0.25, 0.3) is 21.8 Å².